The van der Waals surface area contributed by atoms with Crippen LogP contribution >= 0.6 is 0 Å². The second kappa shape index (κ2) is 4.63. The molecular formula is C16H19NO3. The molecule has 0 radical (unpaired) electrons. The summed E-state index contributed by atoms with van der Waals surface area (Å²) in [5, 5.41) is 1.95. The zero-order valence-electron chi connectivity index (χ0n) is 12.1. The van der Waals surface area contributed by atoms with E-state index in [1.165, 1.54) is 7.11 Å². The van der Waals surface area contributed by atoms with Crippen LogP contribution in [0.3, 0.4) is 0 Å². The first-order valence-corrected chi connectivity index (χ1v) is 6.93. The van der Waals surface area contributed by atoms with Gasteiger partial charge in [-0.2, -0.15) is 0 Å². The smallest absolute Gasteiger partial charge is 0.339 e. The van der Waals surface area contributed by atoms with Crippen LogP contribution in [0.2, 0.25) is 0 Å². The van der Waals surface area contributed by atoms with Crippen LogP contribution in [0.25, 0.3) is 5.76 Å². The molecule has 20 heavy (non-hydrogen) atoms. The maximum absolute atomic E-state index is 12.3. The Balaban J connectivity index is 2.13. The van der Waals surface area contributed by atoms with E-state index in [0.717, 1.165) is 18.4 Å². The highest BCUT2D eigenvalue weighted by molar-refractivity contribution is 5.99. The monoisotopic (exact) mass is 273 g/mol. The van der Waals surface area contributed by atoms with Crippen molar-refractivity contribution in [3.05, 3.63) is 41.5 Å². The van der Waals surface area contributed by atoms with Gasteiger partial charge in [0.2, 0.25) is 0 Å². The lowest BCUT2D eigenvalue weighted by atomic mass is 9.88. The van der Waals surface area contributed by atoms with Crippen molar-refractivity contribution in [3.63, 3.8) is 0 Å². The molecule has 0 spiro atoms. The fraction of sp³-hybridized carbons (Fsp3) is 0.438. The average Bonchev–Trinajstić information content (AvgIpc) is 2.93. The zero-order valence-corrected chi connectivity index (χ0v) is 12.1. The lowest BCUT2D eigenvalue weighted by Gasteiger charge is -2.28. The molecule has 0 unspecified atom stereocenters. The van der Waals surface area contributed by atoms with Gasteiger partial charge in [0.25, 0.3) is 0 Å². The van der Waals surface area contributed by atoms with Gasteiger partial charge in [0.15, 0.2) is 5.76 Å². The number of hydrogen-bond donors (Lipinski definition) is 0. The maximum Gasteiger partial charge on any atom is 0.339 e. The summed E-state index contributed by atoms with van der Waals surface area (Å²) in [6, 6.07) is 10.0. The standard InChI is InChI=1S/C16H19NO3/c1-11-9-10-16(2)13(15(18)19-3)14(20-17(11)16)12-7-5-4-6-8-12/h4-8,11H,9-10H2,1-3H3/t11-,16+/m0/s1. The molecule has 0 amide bonds. The molecule has 1 saturated heterocycles. The number of ether oxygens (including phenoxy) is 1. The Kier molecular flexibility index (Phi) is 3.05. The van der Waals surface area contributed by atoms with Gasteiger partial charge in [0, 0.05) is 11.6 Å². The second-order valence-electron chi connectivity index (χ2n) is 5.64. The predicted molar refractivity (Wildman–Crippen MR) is 75.4 cm³/mol. The molecule has 1 aromatic carbocycles. The number of hydroxylamine groups is 2. The molecule has 1 aromatic rings. The molecule has 2 aliphatic rings. The minimum absolute atomic E-state index is 0.292. The molecule has 0 bridgehead atoms. The van der Waals surface area contributed by atoms with Crippen LogP contribution in [0.5, 0.6) is 0 Å². The summed E-state index contributed by atoms with van der Waals surface area (Å²) in [7, 11) is 1.42. The van der Waals surface area contributed by atoms with Crippen LogP contribution < -0.4 is 0 Å². The lowest BCUT2D eigenvalue weighted by molar-refractivity contribution is -0.143. The Morgan fingerprint density at radius 3 is 2.75 bits per heavy atom. The number of carbonyl (C=O) groups excluding carboxylic acids is 1. The molecule has 0 aliphatic carbocycles. The molecule has 0 saturated carbocycles. The fourth-order valence-corrected chi connectivity index (χ4v) is 3.22. The minimum Gasteiger partial charge on any atom is -0.465 e. The van der Waals surface area contributed by atoms with Crippen molar-refractivity contribution in [2.24, 2.45) is 0 Å². The summed E-state index contributed by atoms with van der Waals surface area (Å²) in [6.45, 7) is 4.17. The van der Waals surface area contributed by atoms with Gasteiger partial charge in [-0.25, -0.2) is 4.79 Å². The van der Waals surface area contributed by atoms with Crippen LogP contribution in [0.4, 0.5) is 0 Å². The van der Waals surface area contributed by atoms with Crippen molar-refractivity contribution in [2.75, 3.05) is 7.11 Å². The van der Waals surface area contributed by atoms with Crippen LogP contribution in [0.15, 0.2) is 35.9 Å². The summed E-state index contributed by atoms with van der Waals surface area (Å²) in [6.07, 6.45) is 1.91. The van der Waals surface area contributed by atoms with Gasteiger partial charge in [-0.1, -0.05) is 30.3 Å². The van der Waals surface area contributed by atoms with Gasteiger partial charge in [-0.05, 0) is 26.7 Å². The van der Waals surface area contributed by atoms with Gasteiger partial charge in [0.1, 0.15) is 5.57 Å². The Labute approximate surface area is 118 Å². The van der Waals surface area contributed by atoms with Crippen molar-refractivity contribution >= 4 is 11.7 Å². The van der Waals surface area contributed by atoms with E-state index in [1.807, 2.05) is 35.4 Å². The van der Waals surface area contributed by atoms with Crippen LogP contribution in [-0.2, 0) is 14.4 Å². The van der Waals surface area contributed by atoms with Gasteiger partial charge in [-0.3, -0.25) is 0 Å². The highest BCUT2D eigenvalue weighted by Gasteiger charge is 2.55. The molecule has 0 aromatic heterocycles. The van der Waals surface area contributed by atoms with Crippen molar-refractivity contribution < 1.29 is 14.4 Å². The van der Waals surface area contributed by atoms with Crippen molar-refractivity contribution in [3.8, 4) is 0 Å². The number of benzene rings is 1. The normalized spacial score (nSPS) is 29.2. The molecule has 0 N–H and O–H groups in total. The quantitative estimate of drug-likeness (QED) is 0.777. The van der Waals surface area contributed by atoms with Gasteiger partial charge in [-0.15, -0.1) is 5.06 Å². The molecule has 2 atom stereocenters. The lowest BCUT2D eigenvalue weighted by Crippen LogP contribution is -2.42. The first-order valence-electron chi connectivity index (χ1n) is 6.93. The largest absolute Gasteiger partial charge is 0.465 e. The van der Waals surface area contributed by atoms with Crippen molar-refractivity contribution in [1.29, 1.82) is 0 Å². The van der Waals surface area contributed by atoms with Crippen LogP contribution in [0.1, 0.15) is 32.3 Å². The number of esters is 1. The topological polar surface area (TPSA) is 38.8 Å². The Morgan fingerprint density at radius 1 is 1.40 bits per heavy atom. The van der Waals surface area contributed by atoms with E-state index in [-0.39, 0.29) is 5.97 Å². The Hall–Kier alpha value is -1.81. The molecule has 4 heteroatoms. The summed E-state index contributed by atoms with van der Waals surface area (Å²) < 4.78 is 4.99. The van der Waals surface area contributed by atoms with Crippen LogP contribution in [0, 0.1) is 0 Å². The summed E-state index contributed by atoms with van der Waals surface area (Å²) >= 11 is 0. The zero-order chi connectivity index (χ0) is 14.3. The molecule has 106 valence electrons. The molecular weight excluding hydrogens is 254 g/mol. The molecule has 2 heterocycles. The third-order valence-corrected chi connectivity index (χ3v) is 4.32. The van der Waals surface area contributed by atoms with Crippen molar-refractivity contribution in [2.45, 2.75) is 38.3 Å². The summed E-state index contributed by atoms with van der Waals surface area (Å²) in [5.41, 5.74) is 1.16. The predicted octanol–water partition coefficient (Wildman–Crippen LogP) is 2.76. The van der Waals surface area contributed by atoms with Crippen molar-refractivity contribution in [1.82, 2.24) is 5.06 Å². The molecule has 2 aliphatic heterocycles. The summed E-state index contributed by atoms with van der Waals surface area (Å²) in [5.74, 6) is 0.328. The van der Waals surface area contributed by atoms with E-state index < -0.39 is 5.54 Å². The molecule has 4 nitrogen and oxygen atoms in total. The highest BCUT2D eigenvalue weighted by Crippen LogP contribution is 2.49. The fourth-order valence-electron chi connectivity index (χ4n) is 3.22. The third-order valence-electron chi connectivity index (χ3n) is 4.32. The minimum atomic E-state index is -0.391. The van der Waals surface area contributed by atoms with Crippen LogP contribution in [-0.4, -0.2) is 29.7 Å². The first kappa shape index (κ1) is 13.2. The number of hydrogen-bond acceptors (Lipinski definition) is 4. The number of methoxy groups -OCH3 is 1. The van der Waals surface area contributed by atoms with E-state index in [2.05, 4.69) is 13.8 Å². The van der Waals surface area contributed by atoms with E-state index in [1.54, 1.807) is 0 Å². The number of fused-ring (bicyclic) bond motifs is 1. The van der Waals surface area contributed by atoms with E-state index in [4.69, 9.17) is 9.57 Å². The highest BCUT2D eigenvalue weighted by atomic mass is 16.7. The first-order chi connectivity index (χ1) is 9.58. The number of carbonyl (C=O) groups is 1. The SMILES string of the molecule is COC(=O)C1=C(c2ccccc2)ON2[C@@H](C)CC[C@]12C. The van der Waals surface area contributed by atoms with Gasteiger partial charge >= 0.3 is 5.97 Å². The van der Waals surface area contributed by atoms with Gasteiger partial charge in [0.05, 0.1) is 12.6 Å². The number of rotatable bonds is 2. The number of nitrogens with zero attached hydrogens (tertiary/aromatic N) is 1. The van der Waals surface area contributed by atoms with E-state index >= 15 is 0 Å². The van der Waals surface area contributed by atoms with Gasteiger partial charge < -0.3 is 9.57 Å². The second-order valence-corrected chi connectivity index (χ2v) is 5.64. The summed E-state index contributed by atoms with van der Waals surface area (Å²) in [4.78, 5) is 18.3. The average molecular weight is 273 g/mol. The van der Waals surface area contributed by atoms with E-state index in [9.17, 15) is 4.79 Å². The molecule has 1 fully saturated rings. The third kappa shape index (κ3) is 1.75. The maximum atomic E-state index is 12.3. The molecule has 3 rings (SSSR count). The Morgan fingerprint density at radius 2 is 2.10 bits per heavy atom. The Bertz CT molecular complexity index is 566. The van der Waals surface area contributed by atoms with E-state index in [0.29, 0.717) is 17.4 Å².